The molecule has 1 aromatic rings. The molecule has 0 aromatic heterocycles. The fraction of sp³-hybridized carbons (Fsp3) is 0.333. The summed E-state index contributed by atoms with van der Waals surface area (Å²) in [4.78, 5) is 0. The third kappa shape index (κ3) is 2.74. The first-order valence-electron chi connectivity index (χ1n) is 6.09. The van der Waals surface area contributed by atoms with Crippen molar-refractivity contribution in [1.29, 1.82) is 0 Å². The number of hydrogen-bond donors (Lipinski definition) is 2. The van der Waals surface area contributed by atoms with E-state index in [2.05, 4.69) is 12.1 Å². The average Bonchev–Trinajstić information content (AvgIpc) is 2.35. The molecule has 1 aliphatic carbocycles. The van der Waals surface area contributed by atoms with Gasteiger partial charge < -0.3 is 16.2 Å². The van der Waals surface area contributed by atoms with Crippen molar-refractivity contribution in [3.05, 3.63) is 53.3 Å². The highest BCUT2D eigenvalue weighted by Gasteiger charge is 2.25. The quantitative estimate of drug-likeness (QED) is 0.856. The van der Waals surface area contributed by atoms with Crippen LogP contribution in [0.5, 0.6) is 5.75 Å². The number of rotatable bonds is 3. The molecule has 18 heavy (non-hydrogen) atoms. The molecule has 1 aliphatic rings. The van der Waals surface area contributed by atoms with Gasteiger partial charge in [0.15, 0.2) is 0 Å². The maximum Gasteiger partial charge on any atom is 0.118 e. The van der Waals surface area contributed by atoms with Crippen LogP contribution in [0, 0.1) is 0 Å². The zero-order chi connectivity index (χ0) is 13.2. The van der Waals surface area contributed by atoms with E-state index < -0.39 is 0 Å². The van der Waals surface area contributed by atoms with Gasteiger partial charge in [-0.3, -0.25) is 0 Å². The van der Waals surface area contributed by atoms with Crippen LogP contribution in [0.1, 0.15) is 18.9 Å². The summed E-state index contributed by atoms with van der Waals surface area (Å²) in [6, 6.07) is 8.03. The molecule has 0 saturated heterocycles. The molecule has 1 atom stereocenters. The third-order valence-electron chi connectivity index (χ3n) is 3.37. The monoisotopic (exact) mass is 244 g/mol. The van der Waals surface area contributed by atoms with Crippen LogP contribution in [0.25, 0.3) is 0 Å². The van der Waals surface area contributed by atoms with Gasteiger partial charge in [0.25, 0.3) is 0 Å². The first kappa shape index (κ1) is 12.7. The molecular formula is C15H20N2O. The Balaban J connectivity index is 2.12. The van der Waals surface area contributed by atoms with E-state index in [1.165, 1.54) is 5.56 Å². The molecule has 4 N–H and O–H groups in total. The van der Waals surface area contributed by atoms with Crippen molar-refractivity contribution in [1.82, 2.24) is 0 Å². The van der Waals surface area contributed by atoms with E-state index in [9.17, 15) is 0 Å². The van der Waals surface area contributed by atoms with Crippen LogP contribution < -0.4 is 16.2 Å². The van der Waals surface area contributed by atoms with Gasteiger partial charge in [-0.2, -0.15) is 0 Å². The molecule has 0 saturated carbocycles. The summed E-state index contributed by atoms with van der Waals surface area (Å²) < 4.78 is 5.15. The van der Waals surface area contributed by atoms with Gasteiger partial charge in [0.2, 0.25) is 0 Å². The first-order valence-corrected chi connectivity index (χ1v) is 6.09. The minimum atomic E-state index is -0.332. The summed E-state index contributed by atoms with van der Waals surface area (Å²) in [5.41, 5.74) is 15.1. The summed E-state index contributed by atoms with van der Waals surface area (Å²) in [6.45, 7) is 2.04. The minimum absolute atomic E-state index is 0.332. The highest BCUT2D eigenvalue weighted by Crippen LogP contribution is 2.26. The fourth-order valence-electron chi connectivity index (χ4n) is 2.30. The molecule has 0 bridgehead atoms. The molecular weight excluding hydrogens is 224 g/mol. The van der Waals surface area contributed by atoms with Crippen molar-refractivity contribution in [3.63, 3.8) is 0 Å². The zero-order valence-electron chi connectivity index (χ0n) is 10.9. The van der Waals surface area contributed by atoms with E-state index >= 15 is 0 Å². The summed E-state index contributed by atoms with van der Waals surface area (Å²) in [5.74, 6) is 0.865. The lowest BCUT2D eigenvalue weighted by molar-refractivity contribution is 0.414. The standard InChI is InChI=1S/C15H20N2O/c1-11-9-15(17,8-7-14(11)16)10-12-3-5-13(18-2)6-4-12/h3-8H,9-10,16-17H2,1-2H3. The van der Waals surface area contributed by atoms with Crippen molar-refractivity contribution < 1.29 is 4.74 Å². The van der Waals surface area contributed by atoms with Gasteiger partial charge >= 0.3 is 0 Å². The Morgan fingerprint density at radius 2 is 1.94 bits per heavy atom. The van der Waals surface area contributed by atoms with Gasteiger partial charge in [-0.1, -0.05) is 18.2 Å². The normalized spacial score (nSPS) is 23.3. The van der Waals surface area contributed by atoms with Crippen LogP contribution in [0.4, 0.5) is 0 Å². The van der Waals surface area contributed by atoms with Crippen molar-refractivity contribution >= 4 is 0 Å². The van der Waals surface area contributed by atoms with Crippen LogP contribution in [0.2, 0.25) is 0 Å². The van der Waals surface area contributed by atoms with Crippen LogP contribution in [0.3, 0.4) is 0 Å². The summed E-state index contributed by atoms with van der Waals surface area (Å²) >= 11 is 0. The van der Waals surface area contributed by atoms with E-state index in [-0.39, 0.29) is 5.54 Å². The van der Waals surface area contributed by atoms with Crippen molar-refractivity contribution in [2.75, 3.05) is 7.11 Å². The van der Waals surface area contributed by atoms with Gasteiger partial charge in [0.1, 0.15) is 5.75 Å². The van der Waals surface area contributed by atoms with Crippen molar-refractivity contribution in [2.24, 2.45) is 11.5 Å². The topological polar surface area (TPSA) is 61.3 Å². The molecule has 1 unspecified atom stereocenters. The Morgan fingerprint density at radius 1 is 1.28 bits per heavy atom. The van der Waals surface area contributed by atoms with E-state index in [1.54, 1.807) is 7.11 Å². The Kier molecular flexibility index (Phi) is 3.43. The number of benzene rings is 1. The molecule has 3 heteroatoms. The lowest BCUT2D eigenvalue weighted by atomic mass is 9.82. The van der Waals surface area contributed by atoms with Gasteiger partial charge in [0, 0.05) is 11.2 Å². The molecule has 3 nitrogen and oxygen atoms in total. The highest BCUT2D eigenvalue weighted by molar-refractivity contribution is 5.35. The molecule has 96 valence electrons. The molecule has 1 aromatic carbocycles. The van der Waals surface area contributed by atoms with Crippen molar-refractivity contribution in [2.45, 2.75) is 25.3 Å². The maximum atomic E-state index is 6.41. The lowest BCUT2D eigenvalue weighted by Gasteiger charge is -2.30. The van der Waals surface area contributed by atoms with E-state index in [1.807, 2.05) is 31.2 Å². The first-order chi connectivity index (χ1) is 8.52. The molecule has 0 amide bonds. The van der Waals surface area contributed by atoms with Gasteiger partial charge in [-0.05, 0) is 49.1 Å². The summed E-state index contributed by atoms with van der Waals surface area (Å²) in [6.07, 6.45) is 5.54. The van der Waals surface area contributed by atoms with Crippen LogP contribution in [0.15, 0.2) is 47.7 Å². The van der Waals surface area contributed by atoms with E-state index in [0.29, 0.717) is 0 Å². The molecule has 0 fully saturated rings. The third-order valence-corrected chi connectivity index (χ3v) is 3.37. The second kappa shape index (κ2) is 4.86. The number of nitrogens with two attached hydrogens (primary N) is 2. The lowest BCUT2D eigenvalue weighted by Crippen LogP contribution is -2.42. The largest absolute Gasteiger partial charge is 0.497 e. The second-order valence-corrected chi connectivity index (χ2v) is 5.00. The Morgan fingerprint density at radius 3 is 2.50 bits per heavy atom. The SMILES string of the molecule is COc1ccc(CC2(N)C=CC(N)=C(C)C2)cc1. The minimum Gasteiger partial charge on any atom is -0.497 e. The van der Waals surface area contributed by atoms with Crippen LogP contribution in [-0.4, -0.2) is 12.6 Å². The van der Waals surface area contributed by atoms with E-state index in [0.717, 1.165) is 29.9 Å². The fourth-order valence-corrected chi connectivity index (χ4v) is 2.30. The molecule has 0 radical (unpaired) electrons. The van der Waals surface area contributed by atoms with Crippen molar-refractivity contribution in [3.8, 4) is 5.75 Å². The summed E-state index contributed by atoms with van der Waals surface area (Å²) in [5, 5.41) is 0. The van der Waals surface area contributed by atoms with Gasteiger partial charge in [-0.25, -0.2) is 0 Å². The second-order valence-electron chi connectivity index (χ2n) is 5.00. The number of allylic oxidation sites excluding steroid dienone is 1. The average molecular weight is 244 g/mol. The zero-order valence-corrected chi connectivity index (χ0v) is 10.9. The molecule has 0 spiro atoms. The number of methoxy groups -OCH3 is 1. The predicted molar refractivity (Wildman–Crippen MR) is 74.3 cm³/mol. The number of ether oxygens (including phenoxy) is 1. The Bertz CT molecular complexity index is 488. The van der Waals surface area contributed by atoms with Crippen LogP contribution >= 0.6 is 0 Å². The van der Waals surface area contributed by atoms with Gasteiger partial charge in [0.05, 0.1) is 7.11 Å². The molecule has 0 heterocycles. The summed E-state index contributed by atoms with van der Waals surface area (Å²) in [7, 11) is 1.67. The molecule has 2 rings (SSSR count). The highest BCUT2D eigenvalue weighted by atomic mass is 16.5. The predicted octanol–water partition coefficient (Wildman–Crippen LogP) is 2.13. The number of hydrogen-bond acceptors (Lipinski definition) is 3. The molecule has 0 aliphatic heterocycles. The van der Waals surface area contributed by atoms with Gasteiger partial charge in [-0.15, -0.1) is 0 Å². The van der Waals surface area contributed by atoms with Crippen LogP contribution in [-0.2, 0) is 6.42 Å². The maximum absolute atomic E-state index is 6.41. The smallest absolute Gasteiger partial charge is 0.118 e. The van der Waals surface area contributed by atoms with E-state index in [4.69, 9.17) is 16.2 Å². The Labute approximate surface area is 108 Å². The Hall–Kier alpha value is -1.74.